The van der Waals surface area contributed by atoms with E-state index in [-0.39, 0.29) is 12.1 Å². The molecule has 0 aromatic carbocycles. The summed E-state index contributed by atoms with van der Waals surface area (Å²) in [6.07, 6.45) is -0.328. The normalized spacial score (nSPS) is 27.7. The molecule has 0 radical (unpaired) electrons. The van der Waals surface area contributed by atoms with E-state index < -0.39 is 5.60 Å². The molecule has 13 heavy (non-hydrogen) atoms. The van der Waals surface area contributed by atoms with Gasteiger partial charge in [-0.1, -0.05) is 0 Å². The largest absolute Gasteiger partial charge is 0.444 e. The quantitative estimate of drug-likeness (QED) is 0.639. The van der Waals surface area contributed by atoms with Crippen molar-refractivity contribution in [3.63, 3.8) is 0 Å². The maximum Gasteiger partial charge on any atom is 0.407 e. The molecule has 1 fully saturated rings. The fourth-order valence-electron chi connectivity index (χ4n) is 1.11. The van der Waals surface area contributed by atoms with Gasteiger partial charge in [-0.2, -0.15) is 0 Å². The maximum atomic E-state index is 11.2. The van der Waals surface area contributed by atoms with Crippen molar-refractivity contribution in [1.29, 1.82) is 0 Å². The first-order valence-corrected chi connectivity index (χ1v) is 4.61. The molecular formula is C9H18N2O2. The monoisotopic (exact) mass is 186 g/mol. The molecule has 2 atom stereocenters. The summed E-state index contributed by atoms with van der Waals surface area (Å²) in [5.74, 6) is 0. The molecule has 1 heterocycles. The summed E-state index contributed by atoms with van der Waals surface area (Å²) in [5, 5.41) is 5.96. The summed E-state index contributed by atoms with van der Waals surface area (Å²) in [4.78, 5) is 11.2. The van der Waals surface area contributed by atoms with Gasteiger partial charge < -0.3 is 15.4 Å². The summed E-state index contributed by atoms with van der Waals surface area (Å²) >= 11 is 0. The van der Waals surface area contributed by atoms with Crippen molar-refractivity contribution >= 4 is 6.09 Å². The summed E-state index contributed by atoms with van der Waals surface area (Å²) in [5.41, 5.74) is -0.412. The van der Waals surface area contributed by atoms with Crippen molar-refractivity contribution in [1.82, 2.24) is 10.6 Å². The number of hydrogen-bond donors (Lipinski definition) is 2. The Bertz CT molecular complexity index is 198. The number of rotatable bonds is 1. The van der Waals surface area contributed by atoms with Gasteiger partial charge in [-0.3, -0.25) is 0 Å². The first kappa shape index (κ1) is 10.3. The van der Waals surface area contributed by atoms with Crippen LogP contribution in [0.2, 0.25) is 0 Å². The highest BCUT2D eigenvalue weighted by Crippen LogP contribution is 2.08. The zero-order valence-electron chi connectivity index (χ0n) is 8.68. The molecule has 4 heteroatoms. The lowest BCUT2D eigenvalue weighted by molar-refractivity contribution is 0.0468. The molecule has 1 saturated heterocycles. The second-order valence-corrected chi connectivity index (χ2v) is 4.45. The van der Waals surface area contributed by atoms with Crippen LogP contribution >= 0.6 is 0 Å². The second kappa shape index (κ2) is 3.54. The molecule has 0 aromatic rings. The first-order chi connectivity index (χ1) is 5.88. The molecular weight excluding hydrogens is 168 g/mol. The summed E-state index contributed by atoms with van der Waals surface area (Å²) in [6.45, 7) is 8.44. The molecule has 1 amide bonds. The average Bonchev–Trinajstić information content (AvgIpc) is 1.94. The summed E-state index contributed by atoms with van der Waals surface area (Å²) in [7, 11) is 0. The highest BCUT2D eigenvalue weighted by molar-refractivity contribution is 5.68. The van der Waals surface area contributed by atoms with Crippen LogP contribution in [0.25, 0.3) is 0 Å². The predicted octanol–water partition coefficient (Wildman–Crippen LogP) is 0.871. The molecule has 0 bridgehead atoms. The molecule has 1 rings (SSSR count). The second-order valence-electron chi connectivity index (χ2n) is 4.45. The summed E-state index contributed by atoms with van der Waals surface area (Å²) < 4.78 is 5.11. The Hall–Kier alpha value is -0.770. The Labute approximate surface area is 79.0 Å². The van der Waals surface area contributed by atoms with Gasteiger partial charge in [0.2, 0.25) is 0 Å². The van der Waals surface area contributed by atoms with Gasteiger partial charge in [0.1, 0.15) is 5.60 Å². The third-order valence-corrected chi connectivity index (χ3v) is 1.97. The molecule has 1 unspecified atom stereocenters. The van der Waals surface area contributed by atoms with Crippen LogP contribution in [-0.4, -0.2) is 30.3 Å². The number of hydrogen-bond acceptors (Lipinski definition) is 3. The van der Waals surface area contributed by atoms with E-state index in [0.29, 0.717) is 6.04 Å². The Morgan fingerprint density at radius 1 is 1.54 bits per heavy atom. The Kier molecular flexibility index (Phi) is 2.81. The number of carbonyl (C=O) groups excluding carboxylic acids is 1. The topological polar surface area (TPSA) is 50.4 Å². The first-order valence-electron chi connectivity index (χ1n) is 4.61. The van der Waals surface area contributed by atoms with Crippen LogP contribution in [0.15, 0.2) is 0 Å². The van der Waals surface area contributed by atoms with Crippen molar-refractivity contribution in [2.24, 2.45) is 0 Å². The fourth-order valence-corrected chi connectivity index (χ4v) is 1.11. The number of nitrogens with one attached hydrogen (secondary N) is 2. The Morgan fingerprint density at radius 3 is 2.46 bits per heavy atom. The van der Waals surface area contributed by atoms with Gasteiger partial charge >= 0.3 is 6.09 Å². The Balaban J connectivity index is 2.25. The van der Waals surface area contributed by atoms with Gasteiger partial charge in [0.15, 0.2) is 0 Å². The van der Waals surface area contributed by atoms with Crippen molar-refractivity contribution in [3.8, 4) is 0 Å². The van der Waals surface area contributed by atoms with E-state index in [4.69, 9.17) is 4.74 Å². The number of alkyl carbamates (subject to hydrolysis) is 1. The van der Waals surface area contributed by atoms with Crippen LogP contribution in [0.5, 0.6) is 0 Å². The lowest BCUT2D eigenvalue weighted by atomic mass is 10.0. The minimum atomic E-state index is -0.412. The predicted molar refractivity (Wildman–Crippen MR) is 50.6 cm³/mol. The van der Waals surface area contributed by atoms with Crippen molar-refractivity contribution in [2.45, 2.75) is 45.4 Å². The third-order valence-electron chi connectivity index (χ3n) is 1.97. The van der Waals surface area contributed by atoms with Crippen LogP contribution < -0.4 is 10.6 Å². The van der Waals surface area contributed by atoms with E-state index >= 15 is 0 Å². The molecule has 0 spiro atoms. The number of amides is 1. The molecule has 0 aromatic heterocycles. The molecule has 0 saturated carbocycles. The van der Waals surface area contributed by atoms with E-state index in [1.807, 2.05) is 27.7 Å². The summed E-state index contributed by atoms with van der Waals surface area (Å²) in [6, 6.07) is 0.572. The lowest BCUT2D eigenvalue weighted by Crippen LogP contribution is -2.63. The third kappa shape index (κ3) is 3.22. The van der Waals surface area contributed by atoms with Gasteiger partial charge in [-0.15, -0.1) is 0 Å². The van der Waals surface area contributed by atoms with Crippen LogP contribution in [0.3, 0.4) is 0 Å². The van der Waals surface area contributed by atoms with Gasteiger partial charge in [0.05, 0.1) is 6.04 Å². The van der Waals surface area contributed by atoms with Crippen molar-refractivity contribution in [3.05, 3.63) is 0 Å². The van der Waals surface area contributed by atoms with Crippen molar-refractivity contribution in [2.75, 3.05) is 6.54 Å². The van der Waals surface area contributed by atoms with Crippen LogP contribution in [0, 0.1) is 0 Å². The molecule has 1 aliphatic rings. The molecule has 1 aliphatic heterocycles. The van der Waals surface area contributed by atoms with Gasteiger partial charge in [0, 0.05) is 12.6 Å². The van der Waals surface area contributed by atoms with Crippen LogP contribution in [-0.2, 0) is 4.74 Å². The molecule has 76 valence electrons. The van der Waals surface area contributed by atoms with Crippen LogP contribution in [0.4, 0.5) is 4.79 Å². The minimum absolute atomic E-state index is 0.217. The van der Waals surface area contributed by atoms with Crippen LogP contribution in [0.1, 0.15) is 27.7 Å². The lowest BCUT2D eigenvalue weighted by Gasteiger charge is -2.36. The van der Waals surface area contributed by atoms with E-state index in [1.54, 1.807) is 0 Å². The standard InChI is InChI=1S/C9H18N2O2/c1-6-7(5-10-6)11-8(12)13-9(2,3)4/h6-7,10H,5H2,1-4H3,(H,11,12)/t6-,7?/m1/s1. The van der Waals surface area contributed by atoms with E-state index in [0.717, 1.165) is 6.54 Å². The zero-order chi connectivity index (χ0) is 10.1. The van der Waals surface area contributed by atoms with Gasteiger partial charge in [0.25, 0.3) is 0 Å². The average molecular weight is 186 g/mol. The fraction of sp³-hybridized carbons (Fsp3) is 0.889. The smallest absolute Gasteiger partial charge is 0.407 e. The SMILES string of the molecule is C[C@H]1NCC1NC(=O)OC(C)(C)C. The van der Waals surface area contributed by atoms with E-state index in [1.165, 1.54) is 0 Å². The maximum absolute atomic E-state index is 11.2. The van der Waals surface area contributed by atoms with E-state index in [2.05, 4.69) is 10.6 Å². The Morgan fingerprint density at radius 2 is 2.15 bits per heavy atom. The minimum Gasteiger partial charge on any atom is -0.444 e. The van der Waals surface area contributed by atoms with E-state index in [9.17, 15) is 4.79 Å². The number of carbonyl (C=O) groups is 1. The van der Waals surface area contributed by atoms with Gasteiger partial charge in [-0.05, 0) is 27.7 Å². The number of ether oxygens (including phenoxy) is 1. The molecule has 0 aliphatic carbocycles. The highest BCUT2D eigenvalue weighted by Gasteiger charge is 2.29. The molecule has 2 N–H and O–H groups in total. The van der Waals surface area contributed by atoms with Crippen molar-refractivity contribution < 1.29 is 9.53 Å². The van der Waals surface area contributed by atoms with Gasteiger partial charge in [-0.25, -0.2) is 4.79 Å². The highest BCUT2D eigenvalue weighted by atomic mass is 16.6. The zero-order valence-corrected chi connectivity index (χ0v) is 8.68. The molecule has 4 nitrogen and oxygen atoms in total.